The summed E-state index contributed by atoms with van der Waals surface area (Å²) in [6.45, 7) is 9.16. The van der Waals surface area contributed by atoms with Crippen molar-refractivity contribution in [2.24, 2.45) is 0 Å². The number of rotatable bonds is 3. The predicted molar refractivity (Wildman–Crippen MR) is 70.7 cm³/mol. The second-order valence-corrected chi connectivity index (χ2v) is 3.86. The van der Waals surface area contributed by atoms with Gasteiger partial charge in [-0.3, -0.25) is 0 Å². The number of hydrogen-bond donors (Lipinski definition) is 0. The molecule has 0 spiro atoms. The Balaban J connectivity index is 0.000000673. The predicted octanol–water partition coefficient (Wildman–Crippen LogP) is 4.26. The summed E-state index contributed by atoms with van der Waals surface area (Å²) < 4.78 is 13.3. The largest absolute Gasteiger partial charge is 0.373 e. The zero-order valence-corrected chi connectivity index (χ0v) is 11.2. The van der Waals surface area contributed by atoms with Crippen LogP contribution >= 0.6 is 0 Å². The zero-order valence-electron chi connectivity index (χ0n) is 11.2. The van der Waals surface area contributed by atoms with E-state index in [1.165, 1.54) is 12.0 Å². The SMILES string of the molecule is CCC.CCc1ccc(F)c(N(C)CC)c1. The molecule has 0 aliphatic rings. The summed E-state index contributed by atoms with van der Waals surface area (Å²) >= 11 is 0. The van der Waals surface area contributed by atoms with E-state index in [0.29, 0.717) is 5.69 Å². The van der Waals surface area contributed by atoms with Gasteiger partial charge in [-0.1, -0.05) is 33.3 Å². The Bertz CT molecular complexity index is 297. The van der Waals surface area contributed by atoms with Crippen LogP contribution in [0, 0.1) is 5.82 Å². The van der Waals surface area contributed by atoms with E-state index in [-0.39, 0.29) is 5.82 Å². The van der Waals surface area contributed by atoms with E-state index in [2.05, 4.69) is 20.8 Å². The zero-order chi connectivity index (χ0) is 12.6. The summed E-state index contributed by atoms with van der Waals surface area (Å²) in [6.07, 6.45) is 2.20. The standard InChI is InChI=1S/C11H16FN.C3H8/c1-4-9-6-7-10(12)11(8-9)13(3)5-2;1-3-2/h6-8H,4-5H2,1-3H3;3H2,1-2H3. The molecule has 0 radical (unpaired) electrons. The van der Waals surface area contributed by atoms with Gasteiger partial charge in [-0.05, 0) is 31.0 Å². The van der Waals surface area contributed by atoms with Gasteiger partial charge in [0.05, 0.1) is 5.69 Å². The molecule has 0 atom stereocenters. The minimum absolute atomic E-state index is 0.137. The normalized spacial score (nSPS) is 9.38. The minimum atomic E-state index is -0.137. The quantitative estimate of drug-likeness (QED) is 0.743. The van der Waals surface area contributed by atoms with Crippen molar-refractivity contribution in [2.75, 3.05) is 18.5 Å². The highest BCUT2D eigenvalue weighted by atomic mass is 19.1. The van der Waals surface area contributed by atoms with Crippen molar-refractivity contribution >= 4 is 5.69 Å². The summed E-state index contributed by atoms with van der Waals surface area (Å²) in [4.78, 5) is 1.91. The molecule has 0 N–H and O–H groups in total. The maximum atomic E-state index is 13.3. The second-order valence-electron chi connectivity index (χ2n) is 3.86. The van der Waals surface area contributed by atoms with Gasteiger partial charge in [-0.2, -0.15) is 0 Å². The fraction of sp³-hybridized carbons (Fsp3) is 0.571. The summed E-state index contributed by atoms with van der Waals surface area (Å²) in [5.74, 6) is -0.137. The van der Waals surface area contributed by atoms with Crippen LogP contribution in [0.15, 0.2) is 18.2 Å². The van der Waals surface area contributed by atoms with E-state index in [1.54, 1.807) is 6.07 Å². The van der Waals surface area contributed by atoms with Gasteiger partial charge in [0, 0.05) is 13.6 Å². The number of anilines is 1. The molecule has 92 valence electrons. The average molecular weight is 225 g/mol. The second kappa shape index (κ2) is 8.14. The lowest BCUT2D eigenvalue weighted by Crippen LogP contribution is -2.17. The summed E-state index contributed by atoms with van der Waals surface area (Å²) in [5, 5.41) is 0. The fourth-order valence-electron chi connectivity index (χ4n) is 1.24. The van der Waals surface area contributed by atoms with E-state index in [9.17, 15) is 4.39 Å². The highest BCUT2D eigenvalue weighted by Gasteiger charge is 2.05. The lowest BCUT2D eigenvalue weighted by Gasteiger charge is -2.18. The van der Waals surface area contributed by atoms with Gasteiger partial charge in [-0.25, -0.2) is 4.39 Å². The van der Waals surface area contributed by atoms with Crippen molar-refractivity contribution in [1.82, 2.24) is 0 Å². The van der Waals surface area contributed by atoms with Crippen molar-refractivity contribution in [1.29, 1.82) is 0 Å². The first kappa shape index (κ1) is 14.9. The van der Waals surface area contributed by atoms with Gasteiger partial charge in [-0.15, -0.1) is 0 Å². The van der Waals surface area contributed by atoms with E-state index >= 15 is 0 Å². The Morgan fingerprint density at radius 1 is 1.12 bits per heavy atom. The van der Waals surface area contributed by atoms with Gasteiger partial charge in [0.1, 0.15) is 5.82 Å². The molecule has 16 heavy (non-hydrogen) atoms. The number of halogens is 1. The van der Waals surface area contributed by atoms with Crippen molar-refractivity contribution in [3.8, 4) is 0 Å². The molecule has 0 bridgehead atoms. The summed E-state index contributed by atoms with van der Waals surface area (Å²) in [5.41, 5.74) is 1.87. The van der Waals surface area contributed by atoms with Crippen molar-refractivity contribution in [3.05, 3.63) is 29.6 Å². The topological polar surface area (TPSA) is 3.24 Å². The Morgan fingerprint density at radius 3 is 2.12 bits per heavy atom. The third-order valence-electron chi connectivity index (χ3n) is 2.30. The maximum absolute atomic E-state index is 13.3. The number of hydrogen-bond acceptors (Lipinski definition) is 1. The van der Waals surface area contributed by atoms with Crippen molar-refractivity contribution in [3.63, 3.8) is 0 Å². The molecule has 0 saturated heterocycles. The Morgan fingerprint density at radius 2 is 1.69 bits per heavy atom. The molecule has 0 aromatic heterocycles. The first-order valence-corrected chi connectivity index (χ1v) is 6.10. The van der Waals surface area contributed by atoms with Crippen LogP contribution in [0.1, 0.15) is 39.7 Å². The van der Waals surface area contributed by atoms with E-state index in [1.807, 2.05) is 31.0 Å². The molecule has 1 nitrogen and oxygen atoms in total. The number of aryl methyl sites for hydroxylation is 1. The highest BCUT2D eigenvalue weighted by molar-refractivity contribution is 5.49. The molecule has 2 heteroatoms. The third kappa shape index (κ3) is 4.65. The Hall–Kier alpha value is -1.05. The molecular formula is C14H24FN. The Labute approximate surface area is 99.3 Å². The van der Waals surface area contributed by atoms with Crippen molar-refractivity contribution < 1.29 is 4.39 Å². The van der Waals surface area contributed by atoms with Crippen LogP contribution in [0.3, 0.4) is 0 Å². The monoisotopic (exact) mass is 225 g/mol. The van der Waals surface area contributed by atoms with E-state index in [0.717, 1.165) is 13.0 Å². The smallest absolute Gasteiger partial charge is 0.146 e. The fourth-order valence-corrected chi connectivity index (χ4v) is 1.24. The van der Waals surface area contributed by atoms with Crippen LogP contribution in [0.2, 0.25) is 0 Å². The van der Waals surface area contributed by atoms with Crippen LogP contribution in [0.5, 0.6) is 0 Å². The van der Waals surface area contributed by atoms with Crippen LogP contribution < -0.4 is 4.90 Å². The van der Waals surface area contributed by atoms with Crippen LogP contribution in [-0.4, -0.2) is 13.6 Å². The average Bonchev–Trinajstić information content (AvgIpc) is 2.30. The number of nitrogens with zero attached hydrogens (tertiary/aromatic N) is 1. The molecule has 0 fully saturated rings. The molecule has 1 rings (SSSR count). The Kier molecular flexibility index (Phi) is 7.61. The van der Waals surface area contributed by atoms with Gasteiger partial charge in [0.15, 0.2) is 0 Å². The van der Waals surface area contributed by atoms with E-state index in [4.69, 9.17) is 0 Å². The van der Waals surface area contributed by atoms with Crippen LogP contribution in [-0.2, 0) is 6.42 Å². The summed E-state index contributed by atoms with van der Waals surface area (Å²) in [6, 6.07) is 5.29. The molecule has 0 aliphatic heterocycles. The molecule has 1 aromatic carbocycles. The van der Waals surface area contributed by atoms with Gasteiger partial charge < -0.3 is 4.90 Å². The molecule has 1 aromatic rings. The van der Waals surface area contributed by atoms with Gasteiger partial charge in [0.2, 0.25) is 0 Å². The van der Waals surface area contributed by atoms with Crippen LogP contribution in [0.25, 0.3) is 0 Å². The molecule has 0 saturated carbocycles. The first-order chi connectivity index (χ1) is 7.60. The lowest BCUT2D eigenvalue weighted by atomic mass is 10.1. The first-order valence-electron chi connectivity index (χ1n) is 6.10. The van der Waals surface area contributed by atoms with Crippen LogP contribution in [0.4, 0.5) is 10.1 Å². The molecule has 0 aliphatic carbocycles. The minimum Gasteiger partial charge on any atom is -0.373 e. The van der Waals surface area contributed by atoms with Gasteiger partial charge >= 0.3 is 0 Å². The molecular weight excluding hydrogens is 201 g/mol. The maximum Gasteiger partial charge on any atom is 0.146 e. The lowest BCUT2D eigenvalue weighted by molar-refractivity contribution is 0.623. The molecule has 0 unspecified atom stereocenters. The highest BCUT2D eigenvalue weighted by Crippen LogP contribution is 2.19. The van der Waals surface area contributed by atoms with Gasteiger partial charge in [0.25, 0.3) is 0 Å². The molecule has 0 amide bonds. The number of benzene rings is 1. The van der Waals surface area contributed by atoms with Crippen molar-refractivity contribution in [2.45, 2.75) is 40.5 Å². The molecule has 0 heterocycles. The van der Waals surface area contributed by atoms with E-state index < -0.39 is 0 Å². The third-order valence-corrected chi connectivity index (χ3v) is 2.30. The summed E-state index contributed by atoms with van der Waals surface area (Å²) in [7, 11) is 1.90.